The third-order valence-corrected chi connectivity index (χ3v) is 3.73. The molecule has 0 aromatic heterocycles. The molecule has 2 heteroatoms. The number of fused-ring (bicyclic) bond motifs is 1. The molecule has 0 amide bonds. The van der Waals surface area contributed by atoms with Gasteiger partial charge in [0.25, 0.3) is 0 Å². The van der Waals surface area contributed by atoms with Crippen molar-refractivity contribution in [1.29, 1.82) is 0 Å². The van der Waals surface area contributed by atoms with Crippen molar-refractivity contribution >= 4 is 5.78 Å². The molecule has 1 aromatic carbocycles. The lowest BCUT2D eigenvalue weighted by Crippen LogP contribution is -2.41. The van der Waals surface area contributed by atoms with Crippen LogP contribution in [0.4, 0.5) is 0 Å². The van der Waals surface area contributed by atoms with Crippen molar-refractivity contribution in [3.05, 3.63) is 29.3 Å². The fourth-order valence-corrected chi connectivity index (χ4v) is 2.57. The van der Waals surface area contributed by atoms with E-state index in [0.29, 0.717) is 12.3 Å². The largest absolute Gasteiger partial charge is 0.486 e. The number of ether oxygens (including phenoxy) is 1. The molecule has 84 valence electrons. The van der Waals surface area contributed by atoms with Gasteiger partial charge >= 0.3 is 0 Å². The summed E-state index contributed by atoms with van der Waals surface area (Å²) < 4.78 is 6.05. The molecule has 1 unspecified atom stereocenters. The van der Waals surface area contributed by atoms with Crippen molar-refractivity contribution in [2.45, 2.75) is 38.7 Å². The van der Waals surface area contributed by atoms with E-state index in [4.69, 9.17) is 4.74 Å². The van der Waals surface area contributed by atoms with Gasteiger partial charge in [-0.05, 0) is 44.7 Å². The molecule has 1 heterocycles. The zero-order chi connectivity index (χ0) is 11.3. The SMILES string of the molecule is Cc1ccc2c(c1)C(=O)CC(C)(C1CC1)O2. The van der Waals surface area contributed by atoms with Gasteiger partial charge in [-0.3, -0.25) is 4.79 Å². The topological polar surface area (TPSA) is 26.3 Å². The standard InChI is InChI=1S/C14H16O2/c1-9-3-6-13-11(7-9)12(15)8-14(2,16-13)10-4-5-10/h3,6-7,10H,4-5,8H2,1-2H3. The Hall–Kier alpha value is -1.31. The third-order valence-electron chi connectivity index (χ3n) is 3.73. The minimum Gasteiger partial charge on any atom is -0.486 e. The summed E-state index contributed by atoms with van der Waals surface area (Å²) in [5, 5.41) is 0. The first-order valence-corrected chi connectivity index (χ1v) is 5.91. The van der Waals surface area contributed by atoms with Gasteiger partial charge in [0.1, 0.15) is 11.4 Å². The molecule has 1 atom stereocenters. The maximum absolute atomic E-state index is 12.1. The number of Topliss-reactive ketones (excluding diaryl/α,β-unsaturated/α-hetero) is 1. The Bertz CT molecular complexity index is 460. The Labute approximate surface area is 95.6 Å². The summed E-state index contributed by atoms with van der Waals surface area (Å²) in [4.78, 5) is 12.1. The molecule has 0 spiro atoms. The summed E-state index contributed by atoms with van der Waals surface area (Å²) >= 11 is 0. The number of carbonyl (C=O) groups excluding carboxylic acids is 1. The van der Waals surface area contributed by atoms with Crippen LogP contribution in [0.25, 0.3) is 0 Å². The second-order valence-corrected chi connectivity index (χ2v) is 5.29. The van der Waals surface area contributed by atoms with Gasteiger partial charge in [0, 0.05) is 0 Å². The van der Waals surface area contributed by atoms with E-state index in [1.807, 2.05) is 25.1 Å². The van der Waals surface area contributed by atoms with Crippen LogP contribution < -0.4 is 4.74 Å². The number of hydrogen-bond donors (Lipinski definition) is 0. The van der Waals surface area contributed by atoms with E-state index in [-0.39, 0.29) is 11.4 Å². The molecule has 2 nitrogen and oxygen atoms in total. The molecular formula is C14H16O2. The summed E-state index contributed by atoms with van der Waals surface area (Å²) in [6.45, 7) is 4.08. The van der Waals surface area contributed by atoms with Gasteiger partial charge < -0.3 is 4.74 Å². The normalized spacial score (nSPS) is 28.5. The van der Waals surface area contributed by atoms with Gasteiger partial charge in [0.2, 0.25) is 0 Å². The van der Waals surface area contributed by atoms with E-state index in [1.165, 1.54) is 12.8 Å². The zero-order valence-corrected chi connectivity index (χ0v) is 9.75. The fraction of sp³-hybridized carbons (Fsp3) is 0.500. The van der Waals surface area contributed by atoms with Crippen LogP contribution in [-0.4, -0.2) is 11.4 Å². The first kappa shape index (κ1) is 9.88. The quantitative estimate of drug-likeness (QED) is 0.721. The molecule has 1 aliphatic carbocycles. The predicted octanol–water partition coefficient (Wildman–Crippen LogP) is 3.13. The van der Waals surface area contributed by atoms with Crippen molar-refractivity contribution in [2.75, 3.05) is 0 Å². The van der Waals surface area contributed by atoms with E-state index in [1.54, 1.807) is 0 Å². The Morgan fingerprint density at radius 2 is 2.12 bits per heavy atom. The molecule has 0 radical (unpaired) electrons. The highest BCUT2D eigenvalue weighted by Gasteiger charge is 2.47. The van der Waals surface area contributed by atoms with Gasteiger partial charge in [-0.2, -0.15) is 0 Å². The smallest absolute Gasteiger partial charge is 0.170 e. The zero-order valence-electron chi connectivity index (χ0n) is 9.75. The third kappa shape index (κ3) is 1.44. The maximum atomic E-state index is 12.1. The molecule has 1 saturated carbocycles. The van der Waals surface area contributed by atoms with Crippen LogP contribution in [0.3, 0.4) is 0 Å². The molecule has 1 fully saturated rings. The average molecular weight is 216 g/mol. The minimum atomic E-state index is -0.251. The molecular weight excluding hydrogens is 200 g/mol. The molecule has 2 aliphatic rings. The van der Waals surface area contributed by atoms with Crippen molar-refractivity contribution in [3.8, 4) is 5.75 Å². The van der Waals surface area contributed by atoms with Gasteiger partial charge in [0.15, 0.2) is 5.78 Å². The lowest BCUT2D eigenvalue weighted by atomic mass is 9.87. The number of hydrogen-bond acceptors (Lipinski definition) is 2. The lowest BCUT2D eigenvalue weighted by Gasteiger charge is -2.35. The summed E-state index contributed by atoms with van der Waals surface area (Å²) in [7, 11) is 0. The first-order chi connectivity index (χ1) is 7.58. The number of ketones is 1. The summed E-state index contributed by atoms with van der Waals surface area (Å²) in [6, 6.07) is 5.87. The lowest BCUT2D eigenvalue weighted by molar-refractivity contribution is 0.0380. The fourth-order valence-electron chi connectivity index (χ4n) is 2.57. The summed E-state index contributed by atoms with van der Waals surface area (Å²) in [6.07, 6.45) is 2.93. The van der Waals surface area contributed by atoms with Gasteiger partial charge in [-0.15, -0.1) is 0 Å². The van der Waals surface area contributed by atoms with Crippen LogP contribution in [0, 0.1) is 12.8 Å². The van der Waals surface area contributed by atoms with Crippen molar-refractivity contribution in [3.63, 3.8) is 0 Å². The van der Waals surface area contributed by atoms with E-state index in [2.05, 4.69) is 6.92 Å². The number of carbonyl (C=O) groups is 1. The molecule has 3 rings (SSSR count). The van der Waals surface area contributed by atoms with E-state index < -0.39 is 0 Å². The monoisotopic (exact) mass is 216 g/mol. The van der Waals surface area contributed by atoms with Crippen molar-refractivity contribution in [1.82, 2.24) is 0 Å². The number of aryl methyl sites for hydroxylation is 1. The predicted molar refractivity (Wildman–Crippen MR) is 61.9 cm³/mol. The Kier molecular flexibility index (Phi) is 1.91. The summed E-state index contributed by atoms with van der Waals surface area (Å²) in [5.41, 5.74) is 1.63. The minimum absolute atomic E-state index is 0.236. The van der Waals surface area contributed by atoms with Crippen LogP contribution >= 0.6 is 0 Å². The molecule has 0 saturated heterocycles. The van der Waals surface area contributed by atoms with Crippen LogP contribution in [0.1, 0.15) is 42.1 Å². The second-order valence-electron chi connectivity index (χ2n) is 5.29. The summed E-state index contributed by atoms with van der Waals surface area (Å²) in [5.74, 6) is 1.58. The number of rotatable bonds is 1. The Balaban J connectivity index is 2.02. The van der Waals surface area contributed by atoms with E-state index in [9.17, 15) is 4.79 Å². The van der Waals surface area contributed by atoms with Crippen LogP contribution in [0.2, 0.25) is 0 Å². The first-order valence-electron chi connectivity index (χ1n) is 5.91. The highest BCUT2D eigenvalue weighted by atomic mass is 16.5. The van der Waals surface area contributed by atoms with Gasteiger partial charge in [0.05, 0.1) is 12.0 Å². The Morgan fingerprint density at radius 3 is 2.81 bits per heavy atom. The van der Waals surface area contributed by atoms with E-state index >= 15 is 0 Å². The molecule has 0 bridgehead atoms. The second kappa shape index (κ2) is 3.09. The van der Waals surface area contributed by atoms with Crippen molar-refractivity contribution in [2.24, 2.45) is 5.92 Å². The maximum Gasteiger partial charge on any atom is 0.170 e. The van der Waals surface area contributed by atoms with Crippen LogP contribution in [0.5, 0.6) is 5.75 Å². The number of benzene rings is 1. The van der Waals surface area contributed by atoms with Crippen molar-refractivity contribution < 1.29 is 9.53 Å². The molecule has 16 heavy (non-hydrogen) atoms. The highest BCUT2D eigenvalue weighted by molar-refractivity contribution is 6.00. The average Bonchev–Trinajstić information content (AvgIpc) is 3.03. The van der Waals surface area contributed by atoms with Gasteiger partial charge in [-0.1, -0.05) is 11.6 Å². The molecule has 1 aliphatic heterocycles. The Morgan fingerprint density at radius 1 is 1.38 bits per heavy atom. The van der Waals surface area contributed by atoms with Crippen LogP contribution in [-0.2, 0) is 0 Å². The van der Waals surface area contributed by atoms with Crippen LogP contribution in [0.15, 0.2) is 18.2 Å². The van der Waals surface area contributed by atoms with Gasteiger partial charge in [-0.25, -0.2) is 0 Å². The van der Waals surface area contributed by atoms with E-state index in [0.717, 1.165) is 16.9 Å². The molecule has 0 N–H and O–H groups in total. The molecule has 1 aromatic rings. The highest BCUT2D eigenvalue weighted by Crippen LogP contribution is 2.47.